The highest BCUT2D eigenvalue weighted by Gasteiger charge is 2.13. The van der Waals surface area contributed by atoms with E-state index >= 15 is 0 Å². The fourth-order valence-electron chi connectivity index (χ4n) is 1.30. The van der Waals surface area contributed by atoms with Gasteiger partial charge in [-0.05, 0) is 12.1 Å². The van der Waals surface area contributed by atoms with Crippen molar-refractivity contribution < 1.29 is 9.59 Å². The summed E-state index contributed by atoms with van der Waals surface area (Å²) in [6.07, 6.45) is 3.06. The van der Waals surface area contributed by atoms with Gasteiger partial charge in [0.2, 0.25) is 0 Å². The molecule has 7 nitrogen and oxygen atoms in total. The highest BCUT2D eigenvalue weighted by molar-refractivity contribution is 6.03. The molecule has 2 aromatic heterocycles. The molecule has 3 amide bonds. The van der Waals surface area contributed by atoms with Crippen LogP contribution in [-0.4, -0.2) is 21.3 Å². The highest BCUT2D eigenvalue weighted by atomic mass is 16.2. The number of aromatic nitrogens is 2. The van der Waals surface area contributed by atoms with Gasteiger partial charge in [0, 0.05) is 6.20 Å². The van der Waals surface area contributed by atoms with Crippen LogP contribution < -0.4 is 16.6 Å². The Labute approximate surface area is 90.2 Å². The third-order valence-corrected chi connectivity index (χ3v) is 2.01. The van der Waals surface area contributed by atoms with Crippen LogP contribution in [0.25, 0.3) is 5.65 Å². The number of rotatable bonds is 1. The molecule has 0 saturated carbocycles. The maximum absolute atomic E-state index is 11.6. The van der Waals surface area contributed by atoms with Crippen molar-refractivity contribution in [1.29, 1.82) is 0 Å². The van der Waals surface area contributed by atoms with Gasteiger partial charge in [0.15, 0.2) is 0 Å². The molecule has 0 aliphatic carbocycles. The Morgan fingerprint density at radius 3 is 2.94 bits per heavy atom. The molecule has 4 N–H and O–H groups in total. The maximum atomic E-state index is 11.6. The first-order valence-electron chi connectivity index (χ1n) is 4.46. The van der Waals surface area contributed by atoms with Gasteiger partial charge in [-0.2, -0.15) is 0 Å². The Bertz CT molecular complexity index is 548. The van der Waals surface area contributed by atoms with E-state index in [4.69, 9.17) is 5.84 Å². The molecule has 2 heterocycles. The number of nitrogens with zero attached hydrogens (tertiary/aromatic N) is 2. The fourth-order valence-corrected chi connectivity index (χ4v) is 1.30. The van der Waals surface area contributed by atoms with Crippen LogP contribution >= 0.6 is 0 Å². The second-order valence-electron chi connectivity index (χ2n) is 3.00. The molecule has 2 aromatic rings. The molecule has 0 aliphatic rings. The molecule has 0 aromatic carbocycles. The topological polar surface area (TPSA) is 102 Å². The lowest BCUT2D eigenvalue weighted by Crippen LogP contribution is -2.43. The van der Waals surface area contributed by atoms with Crippen LogP contribution in [0.15, 0.2) is 30.6 Å². The third kappa shape index (κ3) is 1.71. The summed E-state index contributed by atoms with van der Waals surface area (Å²) in [5.74, 6) is 4.28. The van der Waals surface area contributed by atoms with Gasteiger partial charge in [0.1, 0.15) is 11.3 Å². The smallest absolute Gasteiger partial charge is 0.295 e. The largest absolute Gasteiger partial charge is 0.335 e. The Hall–Kier alpha value is -2.41. The Kier molecular flexibility index (Phi) is 2.52. The first-order chi connectivity index (χ1) is 7.72. The molecule has 0 saturated heterocycles. The third-order valence-electron chi connectivity index (χ3n) is 2.01. The predicted molar refractivity (Wildman–Crippen MR) is 55.4 cm³/mol. The first kappa shape index (κ1) is 10.1. The summed E-state index contributed by atoms with van der Waals surface area (Å²) in [6.45, 7) is 0. The summed E-state index contributed by atoms with van der Waals surface area (Å²) in [5.41, 5.74) is 2.69. The van der Waals surface area contributed by atoms with Gasteiger partial charge in [-0.1, -0.05) is 6.07 Å². The summed E-state index contributed by atoms with van der Waals surface area (Å²) in [7, 11) is 0. The summed E-state index contributed by atoms with van der Waals surface area (Å²) in [4.78, 5) is 26.5. The molecule has 0 radical (unpaired) electrons. The molecule has 0 spiro atoms. The number of amides is 3. The number of nitrogens with two attached hydrogens (primary N) is 1. The Balaban J connectivity index is 2.33. The number of imide groups is 1. The molecule has 0 atom stereocenters. The number of nitrogens with one attached hydrogen (secondary N) is 2. The van der Waals surface area contributed by atoms with Crippen LogP contribution in [-0.2, 0) is 0 Å². The van der Waals surface area contributed by atoms with E-state index in [1.165, 1.54) is 6.20 Å². The van der Waals surface area contributed by atoms with Crippen LogP contribution in [0, 0.1) is 0 Å². The second-order valence-corrected chi connectivity index (χ2v) is 3.00. The molecule has 0 aliphatic heterocycles. The van der Waals surface area contributed by atoms with Crippen molar-refractivity contribution in [3.05, 3.63) is 36.3 Å². The number of fused-ring (bicyclic) bond motifs is 1. The van der Waals surface area contributed by atoms with E-state index in [9.17, 15) is 9.59 Å². The van der Waals surface area contributed by atoms with Gasteiger partial charge >= 0.3 is 6.03 Å². The average Bonchev–Trinajstić information content (AvgIpc) is 2.72. The SMILES string of the molecule is NNC(=O)NC(=O)c1cnc2ccccn12. The second kappa shape index (κ2) is 3.99. The van der Waals surface area contributed by atoms with Crippen LogP contribution in [0.3, 0.4) is 0 Å². The molecule has 2 rings (SSSR count). The number of hydrazine groups is 1. The van der Waals surface area contributed by atoms with E-state index in [1.54, 1.807) is 34.2 Å². The van der Waals surface area contributed by atoms with Crippen molar-refractivity contribution in [1.82, 2.24) is 20.1 Å². The molecule has 7 heteroatoms. The zero-order valence-electron chi connectivity index (χ0n) is 8.18. The number of hydrogen-bond donors (Lipinski definition) is 3. The molecule has 82 valence electrons. The van der Waals surface area contributed by atoms with Crippen molar-refractivity contribution in [2.45, 2.75) is 0 Å². The van der Waals surface area contributed by atoms with Crippen LogP contribution in [0.1, 0.15) is 10.5 Å². The Morgan fingerprint density at radius 1 is 1.38 bits per heavy atom. The van der Waals surface area contributed by atoms with Gasteiger partial charge in [0.05, 0.1) is 6.20 Å². The van der Waals surface area contributed by atoms with Crippen molar-refractivity contribution >= 4 is 17.6 Å². The van der Waals surface area contributed by atoms with E-state index in [-0.39, 0.29) is 5.69 Å². The summed E-state index contributed by atoms with van der Waals surface area (Å²) in [6, 6.07) is 4.54. The molecule has 0 fully saturated rings. The average molecular weight is 219 g/mol. The Morgan fingerprint density at radius 2 is 2.19 bits per heavy atom. The van der Waals surface area contributed by atoms with E-state index in [2.05, 4.69) is 4.98 Å². The minimum Gasteiger partial charge on any atom is -0.295 e. The highest BCUT2D eigenvalue weighted by Crippen LogP contribution is 2.05. The number of carbonyl (C=O) groups excluding carboxylic acids is 2. The van der Waals surface area contributed by atoms with E-state index < -0.39 is 11.9 Å². The van der Waals surface area contributed by atoms with E-state index in [0.29, 0.717) is 5.65 Å². The molecular weight excluding hydrogens is 210 g/mol. The number of hydrogen-bond acceptors (Lipinski definition) is 4. The molecule has 0 bridgehead atoms. The zero-order chi connectivity index (χ0) is 11.5. The van der Waals surface area contributed by atoms with Gasteiger partial charge < -0.3 is 0 Å². The lowest BCUT2D eigenvalue weighted by molar-refractivity contribution is 0.0958. The zero-order valence-corrected chi connectivity index (χ0v) is 8.18. The fraction of sp³-hybridized carbons (Fsp3) is 0. The number of urea groups is 1. The predicted octanol–water partition coefficient (Wildman–Crippen LogP) is -0.353. The normalized spacial score (nSPS) is 10.1. The summed E-state index contributed by atoms with van der Waals surface area (Å²) < 4.78 is 1.57. The standard InChI is InChI=1S/C9H9N5O2/c10-13-9(16)12-8(15)6-5-11-7-3-1-2-4-14(6)7/h1-5H,10H2,(H2,12,13,15,16). The molecular formula is C9H9N5O2. The van der Waals surface area contributed by atoms with Crippen LogP contribution in [0.4, 0.5) is 4.79 Å². The van der Waals surface area contributed by atoms with Crippen molar-refractivity contribution in [3.63, 3.8) is 0 Å². The minimum absolute atomic E-state index is 0.263. The minimum atomic E-state index is -0.768. The van der Waals surface area contributed by atoms with Gasteiger partial charge in [-0.15, -0.1) is 0 Å². The number of carbonyl (C=O) groups is 2. The number of imidazole rings is 1. The lowest BCUT2D eigenvalue weighted by atomic mass is 10.4. The van der Waals surface area contributed by atoms with Gasteiger partial charge in [0.25, 0.3) is 5.91 Å². The van der Waals surface area contributed by atoms with Crippen molar-refractivity contribution in [3.8, 4) is 0 Å². The quantitative estimate of drug-likeness (QED) is 0.346. The van der Waals surface area contributed by atoms with E-state index in [1.807, 2.05) is 5.32 Å². The van der Waals surface area contributed by atoms with Gasteiger partial charge in [-0.3, -0.25) is 19.9 Å². The maximum Gasteiger partial charge on any atom is 0.335 e. The first-order valence-corrected chi connectivity index (χ1v) is 4.46. The molecule has 16 heavy (non-hydrogen) atoms. The van der Waals surface area contributed by atoms with Gasteiger partial charge in [-0.25, -0.2) is 15.6 Å². The molecule has 0 unspecified atom stereocenters. The van der Waals surface area contributed by atoms with Crippen LogP contribution in [0.2, 0.25) is 0 Å². The summed E-state index contributed by atoms with van der Waals surface area (Å²) in [5, 5.41) is 2.05. The van der Waals surface area contributed by atoms with E-state index in [0.717, 1.165) is 0 Å². The van der Waals surface area contributed by atoms with Crippen molar-refractivity contribution in [2.24, 2.45) is 5.84 Å². The number of pyridine rings is 1. The lowest BCUT2D eigenvalue weighted by Gasteiger charge is -2.02. The summed E-state index contributed by atoms with van der Waals surface area (Å²) >= 11 is 0. The van der Waals surface area contributed by atoms with Crippen LogP contribution in [0.5, 0.6) is 0 Å². The monoisotopic (exact) mass is 219 g/mol. The van der Waals surface area contributed by atoms with Crippen molar-refractivity contribution in [2.75, 3.05) is 0 Å².